The van der Waals surface area contributed by atoms with Gasteiger partial charge in [0.15, 0.2) is 0 Å². The normalized spacial score (nSPS) is 24.3. The van der Waals surface area contributed by atoms with Gasteiger partial charge in [-0.1, -0.05) is 0 Å². The molecule has 1 aliphatic rings. The van der Waals surface area contributed by atoms with E-state index in [1.54, 1.807) is 6.20 Å². The SMILES string of the molecule is NC1CCC(C(=O)NCc2cccnn2)CC1. The van der Waals surface area contributed by atoms with Crippen LogP contribution in [0.3, 0.4) is 0 Å². The van der Waals surface area contributed by atoms with E-state index >= 15 is 0 Å². The maximum atomic E-state index is 11.9. The molecule has 0 bridgehead atoms. The zero-order chi connectivity index (χ0) is 12.1. The lowest BCUT2D eigenvalue weighted by molar-refractivity contribution is -0.126. The van der Waals surface area contributed by atoms with Gasteiger partial charge in [0.05, 0.1) is 12.2 Å². The minimum atomic E-state index is 0.113. The summed E-state index contributed by atoms with van der Waals surface area (Å²) in [6.45, 7) is 0.454. The molecule has 0 aliphatic heterocycles. The highest BCUT2D eigenvalue weighted by atomic mass is 16.1. The highest BCUT2D eigenvalue weighted by Gasteiger charge is 2.24. The molecule has 17 heavy (non-hydrogen) atoms. The molecule has 0 aromatic carbocycles. The summed E-state index contributed by atoms with van der Waals surface area (Å²) in [5, 5.41) is 10.6. The highest BCUT2D eigenvalue weighted by molar-refractivity contribution is 5.78. The van der Waals surface area contributed by atoms with Gasteiger partial charge in [-0.05, 0) is 37.8 Å². The number of hydrogen-bond acceptors (Lipinski definition) is 4. The summed E-state index contributed by atoms with van der Waals surface area (Å²) in [7, 11) is 0. The number of carbonyl (C=O) groups excluding carboxylic acids is 1. The molecule has 5 heteroatoms. The van der Waals surface area contributed by atoms with Crippen LogP contribution in [0.15, 0.2) is 18.3 Å². The van der Waals surface area contributed by atoms with E-state index in [0.29, 0.717) is 6.54 Å². The van der Waals surface area contributed by atoms with Gasteiger partial charge >= 0.3 is 0 Å². The Labute approximate surface area is 101 Å². The first-order valence-electron chi connectivity index (χ1n) is 6.05. The maximum Gasteiger partial charge on any atom is 0.223 e. The van der Waals surface area contributed by atoms with Crippen molar-refractivity contribution < 1.29 is 4.79 Å². The predicted molar refractivity (Wildman–Crippen MR) is 63.8 cm³/mol. The zero-order valence-corrected chi connectivity index (χ0v) is 9.80. The molecule has 0 spiro atoms. The predicted octanol–water partition coefficient (Wildman–Crippen LogP) is 0.610. The van der Waals surface area contributed by atoms with Gasteiger partial charge < -0.3 is 11.1 Å². The summed E-state index contributed by atoms with van der Waals surface area (Å²) in [4.78, 5) is 11.9. The molecule has 1 saturated carbocycles. The van der Waals surface area contributed by atoms with E-state index in [4.69, 9.17) is 5.73 Å². The van der Waals surface area contributed by atoms with Crippen molar-refractivity contribution >= 4 is 5.91 Å². The van der Waals surface area contributed by atoms with Gasteiger partial charge in [-0.25, -0.2) is 0 Å². The average molecular weight is 234 g/mol. The number of carbonyl (C=O) groups is 1. The van der Waals surface area contributed by atoms with Crippen molar-refractivity contribution in [3.05, 3.63) is 24.0 Å². The first-order valence-corrected chi connectivity index (χ1v) is 6.05. The van der Waals surface area contributed by atoms with Crippen LogP contribution < -0.4 is 11.1 Å². The molecule has 1 aromatic heterocycles. The van der Waals surface area contributed by atoms with Crippen LogP contribution in [-0.4, -0.2) is 22.1 Å². The molecule has 1 aromatic rings. The van der Waals surface area contributed by atoms with E-state index in [2.05, 4.69) is 15.5 Å². The number of rotatable bonds is 3. The molecule has 0 atom stereocenters. The molecule has 1 heterocycles. The van der Waals surface area contributed by atoms with Gasteiger partial charge in [-0.2, -0.15) is 10.2 Å². The molecule has 3 N–H and O–H groups in total. The molecule has 1 aliphatic carbocycles. The smallest absolute Gasteiger partial charge is 0.223 e. The van der Waals surface area contributed by atoms with E-state index in [1.165, 1.54) is 0 Å². The Morgan fingerprint density at radius 3 is 2.82 bits per heavy atom. The van der Waals surface area contributed by atoms with E-state index in [1.807, 2.05) is 12.1 Å². The summed E-state index contributed by atoms with van der Waals surface area (Å²) in [6, 6.07) is 3.94. The summed E-state index contributed by atoms with van der Waals surface area (Å²) >= 11 is 0. The van der Waals surface area contributed by atoms with E-state index in [-0.39, 0.29) is 17.9 Å². The Morgan fingerprint density at radius 2 is 2.18 bits per heavy atom. The summed E-state index contributed by atoms with van der Waals surface area (Å²) in [5.74, 6) is 0.231. The number of hydrogen-bond donors (Lipinski definition) is 2. The van der Waals surface area contributed by atoms with Gasteiger partial charge in [-0.15, -0.1) is 0 Å². The topological polar surface area (TPSA) is 80.9 Å². The van der Waals surface area contributed by atoms with Crippen molar-refractivity contribution in [2.24, 2.45) is 11.7 Å². The standard InChI is InChI=1S/C12H18N4O/c13-10-5-3-9(4-6-10)12(17)14-8-11-2-1-7-15-16-11/h1-2,7,9-10H,3-6,8,13H2,(H,14,17). The van der Waals surface area contributed by atoms with Crippen molar-refractivity contribution in [3.63, 3.8) is 0 Å². The van der Waals surface area contributed by atoms with Crippen LogP contribution in [-0.2, 0) is 11.3 Å². The van der Waals surface area contributed by atoms with Gasteiger partial charge in [0.2, 0.25) is 5.91 Å². The van der Waals surface area contributed by atoms with Gasteiger partial charge in [0.25, 0.3) is 0 Å². The Kier molecular flexibility index (Phi) is 4.03. The van der Waals surface area contributed by atoms with Crippen molar-refractivity contribution in [2.75, 3.05) is 0 Å². The Balaban J connectivity index is 1.78. The van der Waals surface area contributed by atoms with Gasteiger partial charge in [0, 0.05) is 18.2 Å². The van der Waals surface area contributed by atoms with E-state index < -0.39 is 0 Å². The molecule has 0 unspecified atom stereocenters. The fourth-order valence-electron chi connectivity index (χ4n) is 2.13. The number of nitrogens with two attached hydrogens (primary N) is 1. The molecule has 5 nitrogen and oxygen atoms in total. The number of nitrogens with zero attached hydrogens (tertiary/aromatic N) is 2. The largest absolute Gasteiger partial charge is 0.350 e. The third kappa shape index (κ3) is 3.49. The lowest BCUT2D eigenvalue weighted by atomic mass is 9.86. The van der Waals surface area contributed by atoms with Crippen LogP contribution in [0, 0.1) is 5.92 Å². The van der Waals surface area contributed by atoms with Crippen LogP contribution in [0.4, 0.5) is 0 Å². The van der Waals surface area contributed by atoms with Crippen molar-refractivity contribution in [1.29, 1.82) is 0 Å². The van der Waals surface area contributed by atoms with Crippen molar-refractivity contribution in [2.45, 2.75) is 38.3 Å². The first kappa shape index (κ1) is 12.0. The number of aromatic nitrogens is 2. The fraction of sp³-hybridized carbons (Fsp3) is 0.583. The third-order valence-corrected chi connectivity index (χ3v) is 3.21. The van der Waals surface area contributed by atoms with E-state index in [0.717, 1.165) is 31.4 Å². The molecule has 0 saturated heterocycles. The summed E-state index contributed by atoms with van der Waals surface area (Å²) < 4.78 is 0. The number of amides is 1. The quantitative estimate of drug-likeness (QED) is 0.803. The minimum Gasteiger partial charge on any atom is -0.350 e. The molecule has 1 amide bonds. The minimum absolute atomic E-state index is 0.113. The van der Waals surface area contributed by atoms with Crippen LogP contribution in [0.5, 0.6) is 0 Å². The van der Waals surface area contributed by atoms with Crippen molar-refractivity contribution in [3.8, 4) is 0 Å². The summed E-state index contributed by atoms with van der Waals surface area (Å²) in [5.41, 5.74) is 6.60. The van der Waals surface area contributed by atoms with Crippen LogP contribution >= 0.6 is 0 Å². The maximum absolute atomic E-state index is 11.9. The second kappa shape index (κ2) is 5.72. The second-order valence-electron chi connectivity index (χ2n) is 4.54. The first-order chi connectivity index (χ1) is 8.25. The number of nitrogens with one attached hydrogen (secondary N) is 1. The molecule has 92 valence electrons. The highest BCUT2D eigenvalue weighted by Crippen LogP contribution is 2.23. The van der Waals surface area contributed by atoms with Crippen LogP contribution in [0.1, 0.15) is 31.4 Å². The Bertz CT molecular complexity index is 360. The fourth-order valence-corrected chi connectivity index (χ4v) is 2.13. The van der Waals surface area contributed by atoms with Gasteiger partial charge in [-0.3, -0.25) is 4.79 Å². The summed E-state index contributed by atoms with van der Waals surface area (Å²) in [6.07, 6.45) is 5.31. The molecular weight excluding hydrogens is 216 g/mol. The molecular formula is C12H18N4O. The monoisotopic (exact) mass is 234 g/mol. The van der Waals surface area contributed by atoms with Gasteiger partial charge in [0.1, 0.15) is 0 Å². The van der Waals surface area contributed by atoms with E-state index in [9.17, 15) is 4.79 Å². The lowest BCUT2D eigenvalue weighted by Gasteiger charge is -2.25. The second-order valence-corrected chi connectivity index (χ2v) is 4.54. The lowest BCUT2D eigenvalue weighted by Crippen LogP contribution is -2.36. The Hall–Kier alpha value is -1.49. The van der Waals surface area contributed by atoms with Crippen molar-refractivity contribution in [1.82, 2.24) is 15.5 Å². The van der Waals surface area contributed by atoms with Crippen LogP contribution in [0.2, 0.25) is 0 Å². The average Bonchev–Trinajstić information content (AvgIpc) is 2.38. The molecule has 1 fully saturated rings. The molecule has 2 rings (SSSR count). The Morgan fingerprint density at radius 1 is 1.41 bits per heavy atom. The van der Waals surface area contributed by atoms with Crippen LogP contribution in [0.25, 0.3) is 0 Å². The molecule has 0 radical (unpaired) electrons. The zero-order valence-electron chi connectivity index (χ0n) is 9.80. The third-order valence-electron chi connectivity index (χ3n) is 3.21.